The molecule has 1 aromatic carbocycles. The van der Waals surface area contributed by atoms with E-state index in [1.807, 2.05) is 26.2 Å². The topological polar surface area (TPSA) is 115 Å². The van der Waals surface area contributed by atoms with Crippen molar-refractivity contribution in [1.29, 1.82) is 0 Å². The molecule has 30 heavy (non-hydrogen) atoms. The van der Waals surface area contributed by atoms with E-state index >= 15 is 0 Å². The fourth-order valence-corrected chi connectivity index (χ4v) is 4.06. The van der Waals surface area contributed by atoms with E-state index in [9.17, 15) is 14.4 Å². The maximum absolute atomic E-state index is 12.8. The molecule has 10 nitrogen and oxygen atoms in total. The number of carbonyl (C=O) groups excluding carboxylic acids is 3. The molecule has 2 aliphatic heterocycles. The molecular formula is C20H19N7O3. The highest BCUT2D eigenvalue weighted by atomic mass is 16.2. The minimum absolute atomic E-state index is 0.200. The number of amides is 3. The second-order valence-corrected chi connectivity index (χ2v) is 7.62. The number of hydrogen-bond acceptors (Lipinski definition) is 6. The van der Waals surface area contributed by atoms with Crippen LogP contribution in [0.25, 0.3) is 17.1 Å². The molecule has 1 saturated heterocycles. The fourth-order valence-electron chi connectivity index (χ4n) is 4.06. The average molecular weight is 405 g/mol. The van der Waals surface area contributed by atoms with Crippen molar-refractivity contribution in [1.82, 2.24) is 35.0 Å². The van der Waals surface area contributed by atoms with Crippen LogP contribution in [0.5, 0.6) is 0 Å². The van der Waals surface area contributed by atoms with Crippen molar-refractivity contribution >= 4 is 17.7 Å². The van der Waals surface area contributed by atoms with Gasteiger partial charge in [0.2, 0.25) is 11.8 Å². The van der Waals surface area contributed by atoms with Crippen LogP contribution in [0.15, 0.2) is 30.6 Å². The molecule has 0 spiro atoms. The second-order valence-electron chi connectivity index (χ2n) is 7.62. The van der Waals surface area contributed by atoms with Gasteiger partial charge in [-0.05, 0) is 42.7 Å². The minimum Gasteiger partial charge on any atom is -0.322 e. The summed E-state index contributed by atoms with van der Waals surface area (Å²) in [7, 11) is 1.85. The highest BCUT2D eigenvalue weighted by Gasteiger charge is 2.39. The highest BCUT2D eigenvalue weighted by molar-refractivity contribution is 6.05. The van der Waals surface area contributed by atoms with E-state index in [1.54, 1.807) is 27.7 Å². The van der Waals surface area contributed by atoms with Crippen molar-refractivity contribution in [2.75, 3.05) is 0 Å². The Labute approximate surface area is 171 Å². The lowest BCUT2D eigenvalue weighted by Gasteiger charge is -2.29. The van der Waals surface area contributed by atoms with Gasteiger partial charge in [0.1, 0.15) is 17.4 Å². The molecule has 2 aromatic heterocycles. The molecule has 4 heterocycles. The Balaban J connectivity index is 1.42. The summed E-state index contributed by atoms with van der Waals surface area (Å²) in [4.78, 5) is 37.9. The number of aromatic nitrogens is 5. The standard InChI is InChI=1S/C20H19N7O3/c1-11-8-25(2)23-18(11)15-10-27(24-22-15)13-3-4-14-12(7-13)9-26(20(14)30)16-5-6-17(28)21-19(16)29/h3-4,7-8,10,16H,5-6,9H2,1-2H3,(H,21,28,29). The first-order valence-electron chi connectivity index (χ1n) is 9.61. The summed E-state index contributed by atoms with van der Waals surface area (Å²) >= 11 is 0. The third-order valence-corrected chi connectivity index (χ3v) is 5.52. The molecule has 0 saturated carbocycles. The van der Waals surface area contributed by atoms with Crippen LogP contribution in [0.4, 0.5) is 0 Å². The lowest BCUT2D eigenvalue weighted by Crippen LogP contribution is -2.52. The van der Waals surface area contributed by atoms with Gasteiger partial charge in [-0.15, -0.1) is 5.10 Å². The van der Waals surface area contributed by atoms with Crippen LogP contribution in [-0.2, 0) is 23.2 Å². The number of nitrogens with zero attached hydrogens (tertiary/aromatic N) is 6. The Kier molecular flexibility index (Phi) is 4.02. The van der Waals surface area contributed by atoms with Crippen LogP contribution < -0.4 is 5.32 Å². The molecule has 5 rings (SSSR count). The SMILES string of the molecule is Cc1cn(C)nc1-c1cn(-c2ccc3c(c2)CN(C2CCC(=O)NC2=O)C3=O)nn1. The van der Waals surface area contributed by atoms with Crippen LogP contribution in [0.2, 0.25) is 0 Å². The van der Waals surface area contributed by atoms with Crippen molar-refractivity contribution in [2.45, 2.75) is 32.4 Å². The zero-order valence-electron chi connectivity index (χ0n) is 16.5. The predicted molar refractivity (Wildman–Crippen MR) is 104 cm³/mol. The summed E-state index contributed by atoms with van der Waals surface area (Å²) in [6, 6.07) is 4.79. The van der Waals surface area contributed by atoms with Gasteiger partial charge >= 0.3 is 0 Å². The Morgan fingerprint density at radius 1 is 1.17 bits per heavy atom. The minimum atomic E-state index is -0.629. The van der Waals surface area contributed by atoms with Crippen molar-refractivity contribution in [3.05, 3.63) is 47.3 Å². The Hall–Kier alpha value is -3.82. The van der Waals surface area contributed by atoms with Gasteiger partial charge in [-0.1, -0.05) is 5.21 Å². The number of aryl methyl sites for hydroxylation is 2. The molecule has 0 bridgehead atoms. The molecule has 0 aliphatic carbocycles. The summed E-state index contributed by atoms with van der Waals surface area (Å²) in [5.41, 5.74) is 4.57. The van der Waals surface area contributed by atoms with Crippen LogP contribution in [0.1, 0.15) is 34.3 Å². The van der Waals surface area contributed by atoms with Gasteiger partial charge in [0.25, 0.3) is 5.91 Å². The molecule has 2 aliphatic rings. The molecule has 1 atom stereocenters. The maximum Gasteiger partial charge on any atom is 0.255 e. The molecule has 3 aromatic rings. The summed E-state index contributed by atoms with van der Waals surface area (Å²) in [6.07, 6.45) is 4.29. The van der Waals surface area contributed by atoms with E-state index in [0.29, 0.717) is 24.2 Å². The molecule has 1 fully saturated rings. The van der Waals surface area contributed by atoms with Crippen LogP contribution >= 0.6 is 0 Å². The zero-order chi connectivity index (χ0) is 21.0. The smallest absolute Gasteiger partial charge is 0.255 e. The number of piperidine rings is 1. The lowest BCUT2D eigenvalue weighted by molar-refractivity contribution is -0.136. The first-order chi connectivity index (χ1) is 14.4. The van der Waals surface area contributed by atoms with Gasteiger partial charge in [0.15, 0.2) is 0 Å². The Bertz CT molecular complexity index is 1210. The van der Waals surface area contributed by atoms with Crippen LogP contribution in [-0.4, -0.2) is 53.4 Å². The van der Waals surface area contributed by atoms with Crippen molar-refractivity contribution in [3.8, 4) is 17.1 Å². The molecule has 1 unspecified atom stereocenters. The van der Waals surface area contributed by atoms with Gasteiger partial charge in [-0.3, -0.25) is 24.4 Å². The van der Waals surface area contributed by atoms with E-state index in [2.05, 4.69) is 20.7 Å². The van der Waals surface area contributed by atoms with Crippen LogP contribution in [0.3, 0.4) is 0 Å². The van der Waals surface area contributed by atoms with Gasteiger partial charge in [-0.25, -0.2) is 4.68 Å². The largest absolute Gasteiger partial charge is 0.322 e. The number of benzene rings is 1. The summed E-state index contributed by atoms with van der Waals surface area (Å²) in [6.45, 7) is 2.28. The molecule has 1 N–H and O–H groups in total. The Morgan fingerprint density at radius 2 is 2.00 bits per heavy atom. The van der Waals surface area contributed by atoms with Crippen molar-refractivity contribution in [3.63, 3.8) is 0 Å². The zero-order valence-corrected chi connectivity index (χ0v) is 16.5. The number of fused-ring (bicyclic) bond motifs is 1. The first kappa shape index (κ1) is 18.2. The van der Waals surface area contributed by atoms with Crippen molar-refractivity contribution < 1.29 is 14.4 Å². The van der Waals surface area contributed by atoms with E-state index < -0.39 is 11.9 Å². The van der Waals surface area contributed by atoms with E-state index in [-0.39, 0.29) is 18.2 Å². The molecule has 152 valence electrons. The number of nitrogens with one attached hydrogen (secondary N) is 1. The number of hydrogen-bond donors (Lipinski definition) is 1. The number of imide groups is 1. The van der Waals surface area contributed by atoms with Gasteiger partial charge in [-0.2, -0.15) is 5.10 Å². The second kappa shape index (κ2) is 6.61. The Morgan fingerprint density at radius 3 is 2.73 bits per heavy atom. The number of rotatable bonds is 3. The third-order valence-electron chi connectivity index (χ3n) is 5.52. The summed E-state index contributed by atoms with van der Waals surface area (Å²) in [5, 5.41) is 15.2. The first-order valence-corrected chi connectivity index (χ1v) is 9.61. The molecule has 0 radical (unpaired) electrons. The summed E-state index contributed by atoms with van der Waals surface area (Å²) in [5.74, 6) is -0.915. The van der Waals surface area contributed by atoms with Gasteiger partial charge in [0, 0.05) is 31.8 Å². The monoisotopic (exact) mass is 405 g/mol. The fraction of sp³-hybridized carbons (Fsp3) is 0.300. The highest BCUT2D eigenvalue weighted by Crippen LogP contribution is 2.29. The predicted octanol–water partition coefficient (Wildman–Crippen LogP) is 0.737. The van der Waals surface area contributed by atoms with Crippen molar-refractivity contribution in [2.24, 2.45) is 7.05 Å². The average Bonchev–Trinajstić information content (AvgIpc) is 3.39. The summed E-state index contributed by atoms with van der Waals surface area (Å²) < 4.78 is 3.37. The number of carbonyl (C=O) groups is 3. The lowest BCUT2D eigenvalue weighted by atomic mass is 10.0. The molecule has 10 heteroatoms. The molecule has 3 amide bonds. The van der Waals surface area contributed by atoms with E-state index in [1.165, 1.54) is 4.90 Å². The van der Waals surface area contributed by atoms with Gasteiger partial charge < -0.3 is 4.90 Å². The normalized spacial score (nSPS) is 18.7. The quantitative estimate of drug-likeness (QED) is 0.643. The van der Waals surface area contributed by atoms with E-state index in [4.69, 9.17) is 0 Å². The molecular weight excluding hydrogens is 386 g/mol. The third kappa shape index (κ3) is 2.88. The van der Waals surface area contributed by atoms with Crippen LogP contribution in [0, 0.1) is 6.92 Å². The van der Waals surface area contributed by atoms with E-state index in [0.717, 1.165) is 22.5 Å². The maximum atomic E-state index is 12.8. The van der Waals surface area contributed by atoms with Gasteiger partial charge in [0.05, 0.1) is 11.9 Å².